The zero-order chi connectivity index (χ0) is 14.2. The fourth-order valence-corrected chi connectivity index (χ4v) is 1.83. The molecule has 0 aliphatic heterocycles. The second-order valence-electron chi connectivity index (χ2n) is 3.79. The van der Waals surface area contributed by atoms with Crippen LogP contribution in [0.4, 0.5) is 18.9 Å². The zero-order valence-corrected chi connectivity index (χ0v) is 10.2. The topological polar surface area (TPSA) is 70.9 Å². The van der Waals surface area contributed by atoms with Crippen LogP contribution >= 0.6 is 12.2 Å². The molecule has 0 bridgehead atoms. The molecule has 0 aliphatic carbocycles. The van der Waals surface area contributed by atoms with Crippen LogP contribution in [0.1, 0.15) is 5.56 Å². The molecule has 1 heterocycles. The van der Waals surface area contributed by atoms with Crippen molar-refractivity contribution in [2.75, 3.05) is 5.32 Å². The van der Waals surface area contributed by atoms with Crippen molar-refractivity contribution in [2.45, 2.75) is 6.18 Å². The Hall–Kier alpha value is -2.09. The van der Waals surface area contributed by atoms with Gasteiger partial charge in [0, 0.05) is 22.7 Å². The average molecular weight is 287 g/mol. The van der Waals surface area contributed by atoms with Gasteiger partial charge in [0.1, 0.15) is 0 Å². The monoisotopic (exact) mass is 287 g/mol. The van der Waals surface area contributed by atoms with E-state index in [0.717, 1.165) is 0 Å². The number of benzene rings is 1. The Labute approximate surface area is 110 Å². The summed E-state index contributed by atoms with van der Waals surface area (Å²) in [5, 5.41) is 2.35. The zero-order valence-electron chi connectivity index (χ0n) is 9.34. The first kappa shape index (κ1) is 13.3. The lowest BCUT2D eigenvalue weighted by molar-refractivity contribution is -0.136. The van der Waals surface area contributed by atoms with Gasteiger partial charge in [-0.2, -0.15) is 13.2 Å². The smallest absolute Gasteiger partial charge is 0.376 e. The molecule has 2 aromatic rings. The molecule has 100 valence electrons. The van der Waals surface area contributed by atoms with Gasteiger partial charge in [-0.15, -0.1) is 0 Å². The summed E-state index contributed by atoms with van der Waals surface area (Å²) >= 11 is 4.61. The number of pyridine rings is 1. The SMILES string of the molecule is NC(=S)Nc1ccc2[nH]c(=O)cc(C(F)(F)F)c2c1. The lowest BCUT2D eigenvalue weighted by Crippen LogP contribution is -2.19. The Morgan fingerprint density at radius 2 is 2.00 bits per heavy atom. The van der Waals surface area contributed by atoms with Gasteiger partial charge in [-0.05, 0) is 30.4 Å². The Kier molecular flexibility index (Phi) is 3.19. The van der Waals surface area contributed by atoms with Gasteiger partial charge in [0.05, 0.1) is 5.56 Å². The van der Waals surface area contributed by atoms with Crippen LogP contribution in [0.5, 0.6) is 0 Å². The number of hydrogen-bond acceptors (Lipinski definition) is 2. The first-order valence-electron chi connectivity index (χ1n) is 5.08. The van der Waals surface area contributed by atoms with Crippen molar-refractivity contribution < 1.29 is 13.2 Å². The molecule has 0 unspecified atom stereocenters. The van der Waals surface area contributed by atoms with Crippen LogP contribution in [-0.2, 0) is 6.18 Å². The highest BCUT2D eigenvalue weighted by molar-refractivity contribution is 7.80. The van der Waals surface area contributed by atoms with E-state index in [4.69, 9.17) is 5.73 Å². The number of halogens is 3. The summed E-state index contributed by atoms with van der Waals surface area (Å²) in [7, 11) is 0. The molecule has 2 rings (SSSR count). The molecule has 4 nitrogen and oxygen atoms in total. The van der Waals surface area contributed by atoms with Crippen LogP contribution in [0.2, 0.25) is 0 Å². The molecular formula is C11H8F3N3OS. The van der Waals surface area contributed by atoms with Crippen molar-refractivity contribution >= 4 is 33.9 Å². The molecule has 8 heteroatoms. The highest BCUT2D eigenvalue weighted by Crippen LogP contribution is 2.34. The third kappa shape index (κ3) is 2.84. The van der Waals surface area contributed by atoms with E-state index in [1.54, 1.807) is 0 Å². The number of aromatic amines is 1. The van der Waals surface area contributed by atoms with E-state index in [9.17, 15) is 18.0 Å². The summed E-state index contributed by atoms with van der Waals surface area (Å²) in [6, 6.07) is 4.57. The number of H-pyrrole nitrogens is 1. The standard InChI is InChI=1S/C11H8F3N3OS/c12-11(13,14)7-4-9(18)17-8-2-1-5(3-6(7)8)16-10(15)19/h1-4H,(H,17,18)(H3,15,16,19). The van der Waals surface area contributed by atoms with Crippen molar-refractivity contribution in [2.24, 2.45) is 5.73 Å². The number of thiocarbonyl (C=S) groups is 1. The van der Waals surface area contributed by atoms with Gasteiger partial charge in [-0.1, -0.05) is 0 Å². The summed E-state index contributed by atoms with van der Waals surface area (Å²) < 4.78 is 38.6. The lowest BCUT2D eigenvalue weighted by Gasteiger charge is -2.11. The normalized spacial score (nSPS) is 11.5. The van der Waals surface area contributed by atoms with E-state index in [1.165, 1.54) is 18.2 Å². The molecule has 19 heavy (non-hydrogen) atoms. The highest BCUT2D eigenvalue weighted by atomic mass is 32.1. The largest absolute Gasteiger partial charge is 0.417 e. The second kappa shape index (κ2) is 4.54. The van der Waals surface area contributed by atoms with Gasteiger partial charge in [0.15, 0.2) is 5.11 Å². The van der Waals surface area contributed by atoms with Crippen molar-refractivity contribution in [3.8, 4) is 0 Å². The van der Waals surface area contributed by atoms with Crippen LogP contribution < -0.4 is 16.6 Å². The van der Waals surface area contributed by atoms with Gasteiger partial charge in [0.25, 0.3) is 0 Å². The molecule has 0 aliphatic rings. The molecule has 0 saturated heterocycles. The van der Waals surface area contributed by atoms with Crippen LogP contribution in [0.3, 0.4) is 0 Å². The number of rotatable bonds is 1. The fourth-order valence-electron chi connectivity index (χ4n) is 1.71. The van der Waals surface area contributed by atoms with Crippen LogP contribution in [0.25, 0.3) is 10.9 Å². The summed E-state index contributed by atoms with van der Waals surface area (Å²) in [5.41, 5.74) is 3.85. The minimum atomic E-state index is -4.62. The Balaban J connectivity index is 2.72. The van der Waals surface area contributed by atoms with Crippen molar-refractivity contribution in [3.63, 3.8) is 0 Å². The third-order valence-corrected chi connectivity index (χ3v) is 2.52. The van der Waals surface area contributed by atoms with E-state index in [-0.39, 0.29) is 16.0 Å². The molecular weight excluding hydrogens is 279 g/mol. The highest BCUT2D eigenvalue weighted by Gasteiger charge is 2.33. The van der Waals surface area contributed by atoms with Gasteiger partial charge >= 0.3 is 6.18 Å². The van der Waals surface area contributed by atoms with Gasteiger partial charge in [-0.3, -0.25) is 4.79 Å². The Morgan fingerprint density at radius 1 is 1.32 bits per heavy atom. The maximum absolute atomic E-state index is 12.9. The van der Waals surface area contributed by atoms with Crippen molar-refractivity contribution in [1.82, 2.24) is 4.98 Å². The van der Waals surface area contributed by atoms with E-state index in [0.29, 0.717) is 11.8 Å². The Bertz CT molecular complexity index is 708. The van der Waals surface area contributed by atoms with Crippen LogP contribution in [-0.4, -0.2) is 10.1 Å². The minimum absolute atomic E-state index is 0.0580. The number of fused-ring (bicyclic) bond motifs is 1. The number of aromatic nitrogens is 1. The quantitative estimate of drug-likeness (QED) is 0.703. The van der Waals surface area contributed by atoms with E-state index in [1.807, 2.05) is 0 Å². The second-order valence-corrected chi connectivity index (χ2v) is 4.23. The fraction of sp³-hybridized carbons (Fsp3) is 0.0909. The Morgan fingerprint density at radius 3 is 2.58 bits per heavy atom. The lowest BCUT2D eigenvalue weighted by atomic mass is 10.1. The van der Waals surface area contributed by atoms with Gasteiger partial charge in [-0.25, -0.2) is 0 Å². The molecule has 0 radical (unpaired) electrons. The number of nitrogens with one attached hydrogen (secondary N) is 2. The summed E-state index contributed by atoms with van der Waals surface area (Å²) in [5.74, 6) is 0. The number of anilines is 1. The minimum Gasteiger partial charge on any atom is -0.376 e. The molecule has 0 fully saturated rings. The first-order chi connectivity index (χ1) is 8.77. The summed E-state index contributed by atoms with van der Waals surface area (Å²) in [6.45, 7) is 0. The maximum atomic E-state index is 12.9. The molecule has 0 saturated carbocycles. The molecule has 1 aromatic heterocycles. The molecule has 1 aromatic carbocycles. The maximum Gasteiger partial charge on any atom is 0.417 e. The first-order valence-corrected chi connectivity index (χ1v) is 5.49. The van der Waals surface area contributed by atoms with Crippen molar-refractivity contribution in [3.05, 3.63) is 40.2 Å². The molecule has 0 atom stereocenters. The molecule has 4 N–H and O–H groups in total. The number of hydrogen-bond donors (Lipinski definition) is 3. The van der Waals surface area contributed by atoms with Gasteiger partial charge in [0.2, 0.25) is 5.56 Å². The average Bonchev–Trinajstić information content (AvgIpc) is 2.26. The number of nitrogens with two attached hydrogens (primary N) is 1. The predicted octanol–water partition coefficient (Wildman–Crippen LogP) is 2.20. The third-order valence-electron chi connectivity index (χ3n) is 2.42. The summed E-state index contributed by atoms with van der Waals surface area (Å²) in [6.07, 6.45) is -4.62. The summed E-state index contributed by atoms with van der Waals surface area (Å²) in [4.78, 5) is 13.5. The van der Waals surface area contributed by atoms with E-state index in [2.05, 4.69) is 22.5 Å². The van der Waals surface area contributed by atoms with Crippen LogP contribution in [0, 0.1) is 0 Å². The van der Waals surface area contributed by atoms with Crippen LogP contribution in [0.15, 0.2) is 29.1 Å². The van der Waals surface area contributed by atoms with E-state index >= 15 is 0 Å². The predicted molar refractivity (Wildman–Crippen MR) is 70.0 cm³/mol. The van der Waals surface area contributed by atoms with Gasteiger partial charge < -0.3 is 16.0 Å². The molecule has 0 amide bonds. The van der Waals surface area contributed by atoms with E-state index < -0.39 is 17.3 Å². The van der Waals surface area contributed by atoms with Crippen molar-refractivity contribution in [1.29, 1.82) is 0 Å². The number of alkyl halides is 3. The molecule has 0 spiro atoms.